The van der Waals surface area contributed by atoms with E-state index in [1.807, 2.05) is 12.1 Å². The van der Waals surface area contributed by atoms with Crippen LogP contribution in [-0.2, 0) is 4.79 Å². The van der Waals surface area contributed by atoms with Crippen LogP contribution in [0.25, 0.3) is 0 Å². The van der Waals surface area contributed by atoms with E-state index in [-0.39, 0.29) is 11.8 Å². The maximum atomic E-state index is 11.8. The molecule has 0 spiro atoms. The van der Waals surface area contributed by atoms with Crippen molar-refractivity contribution in [2.45, 2.75) is 57.9 Å². The monoisotopic (exact) mass is 286 g/mol. The lowest BCUT2D eigenvalue weighted by atomic mass is 9.84. The van der Waals surface area contributed by atoms with Crippen molar-refractivity contribution in [1.29, 1.82) is 0 Å². The Balaban J connectivity index is 1.58. The van der Waals surface area contributed by atoms with Crippen LogP contribution in [0, 0.1) is 11.8 Å². The Bertz CT molecular complexity index is 490. The molecule has 0 saturated heterocycles. The summed E-state index contributed by atoms with van der Waals surface area (Å²) in [5.74, 6) is 1.21. The van der Waals surface area contributed by atoms with E-state index in [2.05, 4.69) is 29.7 Å². The molecule has 0 bridgehead atoms. The molecule has 3 rings (SSSR count). The lowest BCUT2D eigenvalue weighted by Crippen LogP contribution is -2.27. The summed E-state index contributed by atoms with van der Waals surface area (Å²) in [4.78, 5) is 11.8. The zero-order valence-electron chi connectivity index (χ0n) is 12.9. The van der Waals surface area contributed by atoms with Gasteiger partial charge in [0.15, 0.2) is 0 Å². The predicted molar refractivity (Wildman–Crippen MR) is 87.5 cm³/mol. The molecule has 0 heterocycles. The number of rotatable bonds is 5. The number of benzene rings is 1. The van der Waals surface area contributed by atoms with Gasteiger partial charge in [0, 0.05) is 23.3 Å². The highest BCUT2D eigenvalue weighted by Gasteiger charge is 2.29. The molecule has 114 valence electrons. The third kappa shape index (κ3) is 3.99. The van der Waals surface area contributed by atoms with E-state index in [9.17, 15) is 4.79 Å². The second-order valence-corrected chi connectivity index (χ2v) is 6.68. The Morgan fingerprint density at radius 3 is 2.52 bits per heavy atom. The zero-order valence-corrected chi connectivity index (χ0v) is 12.9. The minimum absolute atomic E-state index is 0.174. The third-order valence-electron chi connectivity index (χ3n) is 4.83. The number of carbonyl (C=O) groups is 1. The van der Waals surface area contributed by atoms with Crippen molar-refractivity contribution in [3.05, 3.63) is 24.3 Å². The number of amides is 1. The Kier molecular flexibility index (Phi) is 4.47. The molecule has 0 radical (unpaired) electrons. The molecule has 1 aromatic carbocycles. The van der Waals surface area contributed by atoms with Crippen LogP contribution in [-0.4, -0.2) is 11.9 Å². The molecule has 0 aliphatic heterocycles. The molecule has 0 aromatic heterocycles. The number of anilines is 2. The maximum absolute atomic E-state index is 11.8. The van der Waals surface area contributed by atoms with Crippen molar-refractivity contribution >= 4 is 17.3 Å². The highest BCUT2D eigenvalue weighted by Crippen LogP contribution is 2.31. The van der Waals surface area contributed by atoms with Gasteiger partial charge in [-0.05, 0) is 56.7 Å². The summed E-state index contributed by atoms with van der Waals surface area (Å²) >= 11 is 0. The van der Waals surface area contributed by atoms with Crippen LogP contribution in [0.5, 0.6) is 0 Å². The number of carbonyl (C=O) groups excluding carboxylic acids is 1. The van der Waals surface area contributed by atoms with Gasteiger partial charge in [0.05, 0.1) is 0 Å². The van der Waals surface area contributed by atoms with Gasteiger partial charge in [-0.15, -0.1) is 0 Å². The summed E-state index contributed by atoms with van der Waals surface area (Å²) in [6, 6.07) is 8.63. The lowest BCUT2D eigenvalue weighted by molar-refractivity contribution is -0.117. The van der Waals surface area contributed by atoms with Crippen LogP contribution in [0.15, 0.2) is 24.3 Å². The molecular formula is C18H26N2O. The van der Waals surface area contributed by atoms with Gasteiger partial charge in [0.25, 0.3) is 0 Å². The van der Waals surface area contributed by atoms with E-state index in [1.165, 1.54) is 32.1 Å². The van der Waals surface area contributed by atoms with Crippen molar-refractivity contribution in [2.24, 2.45) is 11.8 Å². The highest BCUT2D eigenvalue weighted by molar-refractivity contribution is 5.94. The summed E-state index contributed by atoms with van der Waals surface area (Å²) in [6.45, 7) is 2.28. The van der Waals surface area contributed by atoms with Crippen LogP contribution >= 0.6 is 0 Å². The van der Waals surface area contributed by atoms with Crippen LogP contribution in [0.1, 0.15) is 51.9 Å². The van der Waals surface area contributed by atoms with Crippen molar-refractivity contribution in [1.82, 2.24) is 0 Å². The molecule has 2 N–H and O–H groups in total. The van der Waals surface area contributed by atoms with Gasteiger partial charge in [0.2, 0.25) is 5.91 Å². The second kappa shape index (κ2) is 6.50. The van der Waals surface area contributed by atoms with E-state index < -0.39 is 0 Å². The summed E-state index contributed by atoms with van der Waals surface area (Å²) < 4.78 is 0. The minimum Gasteiger partial charge on any atom is -0.382 e. The fourth-order valence-corrected chi connectivity index (χ4v) is 3.29. The van der Waals surface area contributed by atoms with Gasteiger partial charge in [-0.2, -0.15) is 0 Å². The molecule has 21 heavy (non-hydrogen) atoms. The van der Waals surface area contributed by atoms with E-state index in [4.69, 9.17) is 0 Å². The molecule has 1 amide bonds. The van der Waals surface area contributed by atoms with Gasteiger partial charge in [-0.1, -0.05) is 25.3 Å². The first-order valence-electron chi connectivity index (χ1n) is 8.40. The molecule has 2 fully saturated rings. The van der Waals surface area contributed by atoms with Crippen LogP contribution in [0.3, 0.4) is 0 Å². The van der Waals surface area contributed by atoms with Crippen LogP contribution in [0.4, 0.5) is 11.4 Å². The smallest absolute Gasteiger partial charge is 0.227 e. The average Bonchev–Trinajstić information content (AvgIpc) is 3.33. The largest absolute Gasteiger partial charge is 0.382 e. The summed E-state index contributed by atoms with van der Waals surface area (Å²) in [6.07, 6.45) is 8.90. The second-order valence-electron chi connectivity index (χ2n) is 6.68. The molecule has 1 unspecified atom stereocenters. The quantitative estimate of drug-likeness (QED) is 0.841. The number of hydrogen-bond donors (Lipinski definition) is 2. The predicted octanol–water partition coefficient (Wildman–Crippen LogP) is 4.42. The highest BCUT2D eigenvalue weighted by atomic mass is 16.2. The molecule has 2 aliphatic carbocycles. The van der Waals surface area contributed by atoms with Crippen molar-refractivity contribution in [2.75, 3.05) is 10.6 Å². The van der Waals surface area contributed by atoms with Gasteiger partial charge < -0.3 is 10.6 Å². The number of nitrogens with one attached hydrogen (secondary N) is 2. The SMILES string of the molecule is CC(Nc1cccc(NC(=O)C2CC2)c1)C1CCCCC1. The standard InChI is InChI=1S/C18H26N2O/c1-13(14-6-3-2-4-7-14)19-16-8-5-9-17(12-16)20-18(21)15-10-11-15/h5,8-9,12-15,19H,2-4,6-7,10-11H2,1H3,(H,20,21). The first-order valence-corrected chi connectivity index (χ1v) is 8.40. The van der Waals surface area contributed by atoms with E-state index in [1.54, 1.807) is 0 Å². The van der Waals surface area contributed by atoms with Crippen molar-refractivity contribution in [3.63, 3.8) is 0 Å². The minimum atomic E-state index is 0.174. The van der Waals surface area contributed by atoms with Crippen molar-refractivity contribution in [3.8, 4) is 0 Å². The Hall–Kier alpha value is -1.51. The van der Waals surface area contributed by atoms with Gasteiger partial charge in [0.1, 0.15) is 0 Å². The zero-order chi connectivity index (χ0) is 14.7. The van der Waals surface area contributed by atoms with Gasteiger partial charge in [-0.25, -0.2) is 0 Å². The summed E-state index contributed by atoms with van der Waals surface area (Å²) in [5.41, 5.74) is 2.02. The van der Waals surface area contributed by atoms with Gasteiger partial charge in [-0.3, -0.25) is 4.79 Å². The Morgan fingerprint density at radius 2 is 1.81 bits per heavy atom. The van der Waals surface area contributed by atoms with E-state index in [0.29, 0.717) is 6.04 Å². The van der Waals surface area contributed by atoms with E-state index >= 15 is 0 Å². The first kappa shape index (κ1) is 14.4. The molecule has 1 atom stereocenters. The molecule has 3 heteroatoms. The summed E-state index contributed by atoms with van der Waals surface area (Å²) in [5, 5.41) is 6.64. The topological polar surface area (TPSA) is 41.1 Å². The number of hydrogen-bond acceptors (Lipinski definition) is 2. The summed E-state index contributed by atoms with van der Waals surface area (Å²) in [7, 11) is 0. The average molecular weight is 286 g/mol. The molecular weight excluding hydrogens is 260 g/mol. The molecule has 2 aliphatic rings. The first-order chi connectivity index (χ1) is 10.2. The fraction of sp³-hybridized carbons (Fsp3) is 0.611. The van der Waals surface area contributed by atoms with E-state index in [0.717, 1.165) is 30.1 Å². The molecule has 1 aromatic rings. The maximum Gasteiger partial charge on any atom is 0.227 e. The lowest BCUT2D eigenvalue weighted by Gasteiger charge is -2.29. The van der Waals surface area contributed by atoms with Gasteiger partial charge >= 0.3 is 0 Å². The third-order valence-corrected chi connectivity index (χ3v) is 4.83. The Labute approximate surface area is 127 Å². The van der Waals surface area contributed by atoms with Crippen molar-refractivity contribution < 1.29 is 4.79 Å². The Morgan fingerprint density at radius 1 is 1.10 bits per heavy atom. The molecule has 3 nitrogen and oxygen atoms in total. The van der Waals surface area contributed by atoms with Crippen LogP contribution in [0.2, 0.25) is 0 Å². The normalized spacial score (nSPS) is 20.8. The molecule has 2 saturated carbocycles. The van der Waals surface area contributed by atoms with Crippen LogP contribution < -0.4 is 10.6 Å². The fourth-order valence-electron chi connectivity index (χ4n) is 3.29.